The lowest BCUT2D eigenvalue weighted by Crippen LogP contribution is -2.34. The molecule has 0 aliphatic rings. The number of anilines is 1. The molecule has 0 spiro atoms. The van der Waals surface area contributed by atoms with E-state index in [-0.39, 0.29) is 5.91 Å². The first-order valence-electron chi connectivity index (χ1n) is 6.81. The predicted octanol–water partition coefficient (Wildman–Crippen LogP) is 1.42. The third-order valence-corrected chi connectivity index (χ3v) is 3.26. The molecule has 1 aromatic carbocycles. The third-order valence-electron chi connectivity index (χ3n) is 3.26. The van der Waals surface area contributed by atoms with Crippen LogP contribution >= 0.6 is 0 Å². The van der Waals surface area contributed by atoms with E-state index in [1.165, 1.54) is 0 Å². The van der Waals surface area contributed by atoms with Gasteiger partial charge in [0.25, 0.3) is 5.91 Å². The van der Waals surface area contributed by atoms with Gasteiger partial charge in [0, 0.05) is 25.5 Å². The molecule has 2 N–H and O–H groups in total. The number of amides is 1. The molecule has 0 aliphatic heterocycles. The number of hydrogen-bond acceptors (Lipinski definition) is 4. The fourth-order valence-corrected chi connectivity index (χ4v) is 2.08. The Morgan fingerprint density at radius 2 is 2.05 bits per heavy atom. The van der Waals surface area contributed by atoms with E-state index in [2.05, 4.69) is 5.10 Å². The summed E-state index contributed by atoms with van der Waals surface area (Å²) < 4.78 is 6.72. The Labute approximate surface area is 124 Å². The van der Waals surface area contributed by atoms with Crippen molar-refractivity contribution in [2.45, 2.75) is 6.42 Å². The van der Waals surface area contributed by atoms with Gasteiger partial charge in [-0.15, -0.1) is 0 Å². The van der Waals surface area contributed by atoms with Gasteiger partial charge in [-0.25, -0.2) is 0 Å². The largest absolute Gasteiger partial charge is 0.497 e. The van der Waals surface area contributed by atoms with Gasteiger partial charge in [-0.1, -0.05) is 0 Å². The number of hydrogen-bond donors (Lipinski definition) is 1. The quantitative estimate of drug-likeness (QED) is 0.872. The van der Waals surface area contributed by atoms with Gasteiger partial charge in [0.05, 0.1) is 7.11 Å². The number of carbonyl (C=O) groups is 1. The van der Waals surface area contributed by atoms with Crippen LogP contribution in [0.2, 0.25) is 0 Å². The zero-order valence-electron chi connectivity index (χ0n) is 12.3. The Balaban J connectivity index is 2.28. The highest BCUT2D eigenvalue weighted by atomic mass is 16.5. The first-order valence-corrected chi connectivity index (χ1v) is 6.81. The Bertz CT molecular complexity index is 592. The van der Waals surface area contributed by atoms with E-state index >= 15 is 0 Å². The summed E-state index contributed by atoms with van der Waals surface area (Å²) in [6, 6.07) is 9.11. The molecular formula is C15H20N4O2. The molecule has 1 amide bonds. The molecule has 0 bridgehead atoms. The van der Waals surface area contributed by atoms with Crippen LogP contribution < -0.4 is 15.4 Å². The van der Waals surface area contributed by atoms with Crippen molar-refractivity contribution in [1.29, 1.82) is 0 Å². The molecule has 0 atom stereocenters. The number of methoxy groups -OCH3 is 1. The lowest BCUT2D eigenvalue weighted by molar-refractivity contribution is 0.0977. The summed E-state index contributed by atoms with van der Waals surface area (Å²) in [5.74, 6) is 0.666. The van der Waals surface area contributed by atoms with Gasteiger partial charge in [0.15, 0.2) is 0 Å². The summed E-state index contributed by atoms with van der Waals surface area (Å²) in [4.78, 5) is 14.4. The maximum absolute atomic E-state index is 12.7. The SMILES string of the molecule is COc1ccc(N(CCCN)C(=O)c2ccnn2C)cc1. The Hall–Kier alpha value is -2.34. The molecule has 0 radical (unpaired) electrons. The van der Waals surface area contributed by atoms with E-state index in [9.17, 15) is 4.79 Å². The highest BCUT2D eigenvalue weighted by Gasteiger charge is 2.19. The standard InChI is InChI=1S/C15H20N4O2/c1-18-14(8-10-17-18)15(20)19(11-3-9-16)12-4-6-13(21-2)7-5-12/h4-8,10H,3,9,11,16H2,1-2H3. The number of rotatable bonds is 6. The number of ether oxygens (including phenoxy) is 1. The first kappa shape index (κ1) is 15.1. The van der Waals surface area contributed by atoms with Gasteiger partial charge >= 0.3 is 0 Å². The second-order valence-electron chi connectivity index (χ2n) is 4.64. The van der Waals surface area contributed by atoms with Crippen LogP contribution in [0.4, 0.5) is 5.69 Å². The van der Waals surface area contributed by atoms with Gasteiger partial charge in [0.1, 0.15) is 11.4 Å². The highest BCUT2D eigenvalue weighted by Crippen LogP contribution is 2.21. The summed E-state index contributed by atoms with van der Waals surface area (Å²) in [6.07, 6.45) is 2.35. The molecule has 21 heavy (non-hydrogen) atoms. The summed E-state index contributed by atoms with van der Waals surface area (Å²) in [5.41, 5.74) is 6.93. The van der Waals surface area contributed by atoms with Crippen LogP contribution in [0.1, 0.15) is 16.9 Å². The fourth-order valence-electron chi connectivity index (χ4n) is 2.08. The average Bonchev–Trinajstić information content (AvgIpc) is 2.94. The van der Waals surface area contributed by atoms with E-state index in [0.29, 0.717) is 18.8 Å². The highest BCUT2D eigenvalue weighted by molar-refractivity contribution is 6.04. The van der Waals surface area contributed by atoms with Gasteiger partial charge < -0.3 is 15.4 Å². The second kappa shape index (κ2) is 6.90. The monoisotopic (exact) mass is 288 g/mol. The van der Waals surface area contributed by atoms with Crippen LogP contribution in [-0.4, -0.2) is 35.9 Å². The third kappa shape index (κ3) is 3.41. The Morgan fingerprint density at radius 3 is 2.57 bits per heavy atom. The fraction of sp³-hybridized carbons (Fsp3) is 0.333. The normalized spacial score (nSPS) is 10.4. The van der Waals surface area contributed by atoms with Crippen LogP contribution in [0.3, 0.4) is 0 Å². The maximum Gasteiger partial charge on any atom is 0.276 e. The topological polar surface area (TPSA) is 73.4 Å². The number of aromatic nitrogens is 2. The van der Waals surface area contributed by atoms with Crippen LogP contribution in [0, 0.1) is 0 Å². The molecule has 2 rings (SSSR count). The van der Waals surface area contributed by atoms with Crippen molar-refractivity contribution in [1.82, 2.24) is 9.78 Å². The number of nitrogens with zero attached hydrogens (tertiary/aromatic N) is 3. The molecule has 0 fully saturated rings. The predicted molar refractivity (Wildman–Crippen MR) is 81.5 cm³/mol. The van der Waals surface area contributed by atoms with E-state index < -0.39 is 0 Å². The molecule has 6 heteroatoms. The number of benzene rings is 1. The van der Waals surface area contributed by atoms with Gasteiger partial charge in [-0.2, -0.15) is 5.10 Å². The first-order chi connectivity index (χ1) is 10.2. The van der Waals surface area contributed by atoms with Crippen LogP contribution in [0.25, 0.3) is 0 Å². The second-order valence-corrected chi connectivity index (χ2v) is 4.64. The maximum atomic E-state index is 12.7. The minimum atomic E-state index is -0.0892. The number of carbonyl (C=O) groups excluding carboxylic acids is 1. The lowest BCUT2D eigenvalue weighted by atomic mass is 10.2. The molecule has 1 aromatic heterocycles. The molecule has 0 saturated carbocycles. The minimum Gasteiger partial charge on any atom is -0.497 e. The van der Waals surface area contributed by atoms with Crippen LogP contribution in [-0.2, 0) is 7.05 Å². The molecule has 112 valence electrons. The zero-order valence-corrected chi connectivity index (χ0v) is 12.3. The summed E-state index contributed by atoms with van der Waals surface area (Å²) in [5, 5.41) is 4.05. The Morgan fingerprint density at radius 1 is 1.33 bits per heavy atom. The van der Waals surface area contributed by atoms with E-state index in [1.807, 2.05) is 24.3 Å². The number of aryl methyl sites for hydroxylation is 1. The molecular weight excluding hydrogens is 268 g/mol. The van der Waals surface area contributed by atoms with E-state index in [4.69, 9.17) is 10.5 Å². The van der Waals surface area contributed by atoms with Gasteiger partial charge in [0.2, 0.25) is 0 Å². The van der Waals surface area contributed by atoms with Gasteiger partial charge in [-0.3, -0.25) is 9.48 Å². The molecule has 0 saturated heterocycles. The lowest BCUT2D eigenvalue weighted by Gasteiger charge is -2.22. The molecule has 6 nitrogen and oxygen atoms in total. The van der Waals surface area contributed by atoms with Crippen molar-refractivity contribution < 1.29 is 9.53 Å². The number of nitrogens with two attached hydrogens (primary N) is 1. The van der Waals surface area contributed by atoms with Crippen molar-refractivity contribution >= 4 is 11.6 Å². The summed E-state index contributed by atoms with van der Waals surface area (Å²) in [7, 11) is 3.37. The van der Waals surface area contributed by atoms with Crippen molar-refractivity contribution in [2.75, 3.05) is 25.1 Å². The minimum absolute atomic E-state index is 0.0892. The van der Waals surface area contributed by atoms with E-state index in [1.54, 1.807) is 36.0 Å². The van der Waals surface area contributed by atoms with Crippen LogP contribution in [0.5, 0.6) is 5.75 Å². The van der Waals surface area contributed by atoms with Gasteiger partial charge in [-0.05, 0) is 43.3 Å². The van der Waals surface area contributed by atoms with Crippen molar-refractivity contribution in [3.63, 3.8) is 0 Å². The molecule has 2 aromatic rings. The van der Waals surface area contributed by atoms with Crippen molar-refractivity contribution in [3.8, 4) is 5.75 Å². The van der Waals surface area contributed by atoms with Crippen LogP contribution in [0.15, 0.2) is 36.5 Å². The summed E-state index contributed by atoms with van der Waals surface area (Å²) >= 11 is 0. The van der Waals surface area contributed by atoms with Crippen molar-refractivity contribution in [2.24, 2.45) is 12.8 Å². The average molecular weight is 288 g/mol. The van der Waals surface area contributed by atoms with E-state index in [0.717, 1.165) is 17.9 Å². The zero-order chi connectivity index (χ0) is 15.2. The molecule has 1 heterocycles. The molecule has 0 aliphatic carbocycles. The smallest absolute Gasteiger partial charge is 0.276 e. The summed E-state index contributed by atoms with van der Waals surface area (Å²) in [6.45, 7) is 1.10. The Kier molecular flexibility index (Phi) is 4.94. The molecule has 0 unspecified atom stereocenters. The van der Waals surface area contributed by atoms with Crippen molar-refractivity contribution in [3.05, 3.63) is 42.2 Å².